The van der Waals surface area contributed by atoms with Crippen LogP contribution in [0.1, 0.15) is 16.8 Å². The smallest absolute Gasteiger partial charge is 0.339 e. The zero-order chi connectivity index (χ0) is 14.1. The van der Waals surface area contributed by atoms with Crippen molar-refractivity contribution in [2.45, 2.75) is 6.42 Å². The number of methoxy groups -OCH3 is 1. The molecule has 1 aromatic rings. The van der Waals surface area contributed by atoms with Crippen molar-refractivity contribution in [1.29, 1.82) is 0 Å². The number of hydrogen-bond acceptors (Lipinski definition) is 5. The second kappa shape index (κ2) is 8.39. The SMILES string of the molecule is COCCOCCCNc1ncc(F)cc1C(=O)O. The van der Waals surface area contributed by atoms with Gasteiger partial charge in [0.05, 0.1) is 19.4 Å². The molecule has 0 aliphatic heterocycles. The molecule has 0 saturated carbocycles. The second-order valence-electron chi connectivity index (χ2n) is 3.74. The molecular formula is C12H17FN2O4. The Kier molecular flexibility index (Phi) is 6.76. The van der Waals surface area contributed by atoms with Gasteiger partial charge in [-0.25, -0.2) is 14.2 Å². The first-order valence-corrected chi connectivity index (χ1v) is 5.84. The first-order chi connectivity index (χ1) is 9.15. The highest BCUT2D eigenvalue weighted by Crippen LogP contribution is 2.13. The van der Waals surface area contributed by atoms with Gasteiger partial charge in [-0.15, -0.1) is 0 Å². The average Bonchev–Trinajstić information content (AvgIpc) is 2.39. The van der Waals surface area contributed by atoms with Crippen molar-refractivity contribution in [2.75, 3.05) is 38.8 Å². The second-order valence-corrected chi connectivity index (χ2v) is 3.74. The van der Waals surface area contributed by atoms with Gasteiger partial charge in [0.2, 0.25) is 0 Å². The topological polar surface area (TPSA) is 80.7 Å². The van der Waals surface area contributed by atoms with Gasteiger partial charge in [0.25, 0.3) is 0 Å². The summed E-state index contributed by atoms with van der Waals surface area (Å²) in [4.78, 5) is 14.6. The van der Waals surface area contributed by atoms with Crippen molar-refractivity contribution in [3.8, 4) is 0 Å². The monoisotopic (exact) mass is 272 g/mol. The fourth-order valence-electron chi connectivity index (χ4n) is 1.37. The summed E-state index contributed by atoms with van der Waals surface area (Å²) in [5.74, 6) is -1.73. The minimum Gasteiger partial charge on any atom is -0.478 e. The molecule has 0 saturated heterocycles. The molecule has 0 aliphatic rings. The number of pyridine rings is 1. The summed E-state index contributed by atoms with van der Waals surface area (Å²) >= 11 is 0. The Morgan fingerprint density at radius 1 is 1.47 bits per heavy atom. The third-order valence-corrected chi connectivity index (χ3v) is 2.27. The van der Waals surface area contributed by atoms with E-state index in [-0.39, 0.29) is 11.4 Å². The molecule has 0 bridgehead atoms. The molecule has 106 valence electrons. The first kappa shape index (κ1) is 15.3. The van der Waals surface area contributed by atoms with Crippen LogP contribution in [0.15, 0.2) is 12.3 Å². The molecule has 7 heteroatoms. The fraction of sp³-hybridized carbons (Fsp3) is 0.500. The van der Waals surface area contributed by atoms with E-state index in [0.717, 1.165) is 12.3 Å². The van der Waals surface area contributed by atoms with Crippen LogP contribution in [0.25, 0.3) is 0 Å². The molecule has 0 fully saturated rings. The summed E-state index contributed by atoms with van der Waals surface area (Å²) in [7, 11) is 1.60. The molecule has 0 aromatic carbocycles. The number of nitrogens with zero attached hydrogens (tertiary/aromatic N) is 1. The summed E-state index contributed by atoms with van der Waals surface area (Å²) in [6, 6.07) is 0.937. The fourth-order valence-corrected chi connectivity index (χ4v) is 1.37. The number of carboxylic acids is 1. The van der Waals surface area contributed by atoms with Gasteiger partial charge in [-0.05, 0) is 12.5 Å². The number of carboxylic acid groups (broad SMARTS) is 1. The van der Waals surface area contributed by atoms with Gasteiger partial charge >= 0.3 is 5.97 Å². The third kappa shape index (κ3) is 5.62. The van der Waals surface area contributed by atoms with E-state index < -0.39 is 11.8 Å². The highest BCUT2D eigenvalue weighted by atomic mass is 19.1. The molecular weight excluding hydrogens is 255 g/mol. The number of carbonyl (C=O) groups is 1. The standard InChI is InChI=1S/C12H17FN2O4/c1-18-5-6-19-4-2-3-14-11-10(12(16)17)7-9(13)8-15-11/h7-8H,2-6H2,1H3,(H,14,15)(H,16,17). The van der Waals surface area contributed by atoms with E-state index in [0.29, 0.717) is 32.8 Å². The van der Waals surface area contributed by atoms with Gasteiger partial charge in [0, 0.05) is 20.3 Å². The molecule has 19 heavy (non-hydrogen) atoms. The van der Waals surface area contributed by atoms with E-state index in [2.05, 4.69) is 10.3 Å². The van der Waals surface area contributed by atoms with Crippen molar-refractivity contribution >= 4 is 11.8 Å². The van der Waals surface area contributed by atoms with Crippen LogP contribution >= 0.6 is 0 Å². The molecule has 0 unspecified atom stereocenters. The van der Waals surface area contributed by atoms with Gasteiger partial charge in [-0.2, -0.15) is 0 Å². The van der Waals surface area contributed by atoms with Crippen LogP contribution in [-0.4, -0.2) is 49.5 Å². The summed E-state index contributed by atoms with van der Waals surface area (Å²) in [6.45, 7) is 2.08. The molecule has 1 aromatic heterocycles. The van der Waals surface area contributed by atoms with Gasteiger partial charge in [-0.1, -0.05) is 0 Å². The Hall–Kier alpha value is -1.73. The maximum Gasteiger partial charge on any atom is 0.339 e. The Morgan fingerprint density at radius 2 is 2.26 bits per heavy atom. The molecule has 0 atom stereocenters. The minimum atomic E-state index is -1.22. The van der Waals surface area contributed by atoms with Crippen LogP contribution < -0.4 is 5.32 Å². The molecule has 1 heterocycles. The van der Waals surface area contributed by atoms with E-state index in [1.54, 1.807) is 7.11 Å². The number of nitrogens with one attached hydrogen (secondary N) is 1. The Bertz CT molecular complexity index is 415. The number of aromatic carboxylic acids is 1. The van der Waals surface area contributed by atoms with Crippen LogP contribution in [0.4, 0.5) is 10.2 Å². The van der Waals surface area contributed by atoms with Gasteiger partial charge in [0.1, 0.15) is 17.2 Å². The lowest BCUT2D eigenvalue weighted by Gasteiger charge is -2.08. The molecule has 0 spiro atoms. The quantitative estimate of drug-likeness (QED) is 0.661. The Labute approximate surface area is 110 Å². The normalized spacial score (nSPS) is 10.4. The van der Waals surface area contributed by atoms with Crippen LogP contribution in [0.5, 0.6) is 0 Å². The Balaban J connectivity index is 2.35. The largest absolute Gasteiger partial charge is 0.478 e. The summed E-state index contributed by atoms with van der Waals surface area (Å²) in [5, 5.41) is 11.7. The lowest BCUT2D eigenvalue weighted by atomic mass is 10.2. The van der Waals surface area contributed by atoms with Crippen LogP contribution in [0.3, 0.4) is 0 Å². The number of anilines is 1. The lowest BCUT2D eigenvalue weighted by molar-refractivity contribution is 0.0696. The molecule has 1 rings (SSSR count). The first-order valence-electron chi connectivity index (χ1n) is 5.84. The van der Waals surface area contributed by atoms with Crippen molar-refractivity contribution in [3.05, 3.63) is 23.6 Å². The lowest BCUT2D eigenvalue weighted by Crippen LogP contribution is -2.12. The number of halogens is 1. The van der Waals surface area contributed by atoms with Crippen molar-refractivity contribution < 1.29 is 23.8 Å². The molecule has 2 N–H and O–H groups in total. The van der Waals surface area contributed by atoms with E-state index in [1.165, 1.54) is 0 Å². The van der Waals surface area contributed by atoms with Crippen molar-refractivity contribution in [2.24, 2.45) is 0 Å². The highest BCUT2D eigenvalue weighted by Gasteiger charge is 2.12. The molecule has 6 nitrogen and oxygen atoms in total. The zero-order valence-corrected chi connectivity index (χ0v) is 10.7. The van der Waals surface area contributed by atoms with E-state index in [1.807, 2.05) is 0 Å². The predicted molar refractivity (Wildman–Crippen MR) is 67.0 cm³/mol. The van der Waals surface area contributed by atoms with Crippen LogP contribution in [-0.2, 0) is 9.47 Å². The Morgan fingerprint density at radius 3 is 2.95 bits per heavy atom. The highest BCUT2D eigenvalue weighted by molar-refractivity contribution is 5.93. The summed E-state index contributed by atoms with van der Waals surface area (Å²) in [6.07, 6.45) is 1.66. The molecule has 0 aliphatic carbocycles. The van der Waals surface area contributed by atoms with Crippen molar-refractivity contribution in [3.63, 3.8) is 0 Å². The number of hydrogen-bond donors (Lipinski definition) is 2. The minimum absolute atomic E-state index is 0.158. The summed E-state index contributed by atoms with van der Waals surface area (Å²) in [5.41, 5.74) is -0.180. The number of ether oxygens (including phenoxy) is 2. The predicted octanol–water partition coefficient (Wildman–Crippen LogP) is 1.38. The van der Waals surface area contributed by atoms with Gasteiger partial charge in [0.15, 0.2) is 0 Å². The average molecular weight is 272 g/mol. The van der Waals surface area contributed by atoms with Crippen LogP contribution in [0.2, 0.25) is 0 Å². The maximum atomic E-state index is 12.9. The maximum absolute atomic E-state index is 12.9. The summed E-state index contributed by atoms with van der Waals surface area (Å²) < 4.78 is 22.9. The number of rotatable bonds is 9. The van der Waals surface area contributed by atoms with Crippen LogP contribution in [0, 0.1) is 5.82 Å². The number of aromatic nitrogens is 1. The van der Waals surface area contributed by atoms with E-state index in [4.69, 9.17) is 14.6 Å². The molecule has 0 radical (unpaired) electrons. The van der Waals surface area contributed by atoms with E-state index in [9.17, 15) is 9.18 Å². The van der Waals surface area contributed by atoms with Gasteiger partial charge in [-0.3, -0.25) is 0 Å². The zero-order valence-electron chi connectivity index (χ0n) is 10.7. The van der Waals surface area contributed by atoms with Crippen molar-refractivity contribution in [1.82, 2.24) is 4.98 Å². The van der Waals surface area contributed by atoms with E-state index >= 15 is 0 Å². The molecule has 0 amide bonds. The van der Waals surface area contributed by atoms with Gasteiger partial charge < -0.3 is 19.9 Å². The third-order valence-electron chi connectivity index (χ3n) is 2.27.